The monoisotopic (exact) mass is 207 g/mol. The van der Waals surface area contributed by atoms with Gasteiger partial charge in [-0.25, -0.2) is 0 Å². The highest BCUT2D eigenvalue weighted by Crippen LogP contribution is 2.20. The Bertz CT molecular complexity index is 292. The van der Waals surface area contributed by atoms with Gasteiger partial charge in [-0.1, -0.05) is 26.0 Å². The van der Waals surface area contributed by atoms with Crippen molar-refractivity contribution < 1.29 is 4.74 Å². The number of hydrogen-bond acceptors (Lipinski definition) is 2. The van der Waals surface area contributed by atoms with Crippen molar-refractivity contribution in [1.82, 2.24) is 0 Å². The van der Waals surface area contributed by atoms with E-state index in [1.165, 1.54) is 0 Å². The molecule has 15 heavy (non-hydrogen) atoms. The summed E-state index contributed by atoms with van der Waals surface area (Å²) in [4.78, 5) is 0. The number of rotatable bonds is 5. The third-order valence-electron chi connectivity index (χ3n) is 2.60. The molecule has 0 radical (unpaired) electrons. The van der Waals surface area contributed by atoms with Crippen molar-refractivity contribution in [1.29, 1.82) is 0 Å². The first-order valence-electron chi connectivity index (χ1n) is 5.69. The van der Waals surface area contributed by atoms with Crippen LogP contribution in [0.1, 0.15) is 45.2 Å². The highest BCUT2D eigenvalue weighted by molar-refractivity contribution is 5.30. The van der Waals surface area contributed by atoms with Crippen LogP contribution in [-0.4, -0.2) is 6.10 Å². The van der Waals surface area contributed by atoms with Crippen LogP contribution in [0.3, 0.4) is 0 Å². The van der Waals surface area contributed by atoms with Crippen LogP contribution in [0.5, 0.6) is 5.75 Å². The number of hydrogen-bond donors (Lipinski definition) is 1. The van der Waals surface area contributed by atoms with Crippen LogP contribution >= 0.6 is 0 Å². The van der Waals surface area contributed by atoms with Gasteiger partial charge in [-0.05, 0) is 37.5 Å². The molecule has 0 amide bonds. The van der Waals surface area contributed by atoms with Crippen molar-refractivity contribution in [2.75, 3.05) is 0 Å². The fourth-order valence-corrected chi connectivity index (χ4v) is 1.52. The zero-order valence-electron chi connectivity index (χ0n) is 9.86. The highest BCUT2D eigenvalue weighted by atomic mass is 16.5. The Labute approximate surface area is 92.4 Å². The molecule has 1 aromatic rings. The number of ether oxygens (including phenoxy) is 1. The van der Waals surface area contributed by atoms with Gasteiger partial charge in [0.25, 0.3) is 0 Å². The summed E-state index contributed by atoms with van der Waals surface area (Å²) in [6.45, 7) is 6.27. The number of benzene rings is 1. The molecular formula is C13H21NO. The van der Waals surface area contributed by atoms with Crippen LogP contribution in [0.15, 0.2) is 24.3 Å². The molecule has 0 aliphatic rings. The third kappa shape index (κ3) is 3.56. The predicted octanol–water partition coefficient (Wildman–Crippen LogP) is 3.27. The lowest BCUT2D eigenvalue weighted by Crippen LogP contribution is -2.14. The SMILES string of the molecule is CCC(CC)Oc1cccc([C@H](C)N)c1. The molecule has 0 spiro atoms. The first kappa shape index (κ1) is 12.1. The van der Waals surface area contributed by atoms with E-state index in [1.54, 1.807) is 0 Å². The van der Waals surface area contributed by atoms with Gasteiger partial charge in [-0.15, -0.1) is 0 Å². The molecule has 0 bridgehead atoms. The third-order valence-corrected chi connectivity index (χ3v) is 2.60. The summed E-state index contributed by atoms with van der Waals surface area (Å²) >= 11 is 0. The molecule has 0 heterocycles. The van der Waals surface area contributed by atoms with E-state index in [0.717, 1.165) is 24.2 Å². The zero-order chi connectivity index (χ0) is 11.3. The molecule has 1 atom stereocenters. The van der Waals surface area contributed by atoms with Crippen molar-refractivity contribution in [2.45, 2.75) is 45.8 Å². The zero-order valence-corrected chi connectivity index (χ0v) is 9.86. The molecule has 0 saturated carbocycles. The first-order valence-corrected chi connectivity index (χ1v) is 5.69. The van der Waals surface area contributed by atoms with Crippen LogP contribution in [0, 0.1) is 0 Å². The van der Waals surface area contributed by atoms with Gasteiger partial charge in [0, 0.05) is 6.04 Å². The maximum absolute atomic E-state index is 5.85. The van der Waals surface area contributed by atoms with E-state index in [4.69, 9.17) is 10.5 Å². The highest BCUT2D eigenvalue weighted by Gasteiger charge is 2.06. The molecule has 1 rings (SSSR count). The lowest BCUT2D eigenvalue weighted by Gasteiger charge is -2.16. The van der Waals surface area contributed by atoms with Crippen molar-refractivity contribution in [3.63, 3.8) is 0 Å². The quantitative estimate of drug-likeness (QED) is 0.804. The van der Waals surface area contributed by atoms with Gasteiger partial charge in [0.2, 0.25) is 0 Å². The standard InChI is InChI=1S/C13H21NO/c1-4-12(5-2)15-13-8-6-7-11(9-13)10(3)14/h6-10,12H,4-5,14H2,1-3H3/t10-/m0/s1. The van der Waals surface area contributed by atoms with E-state index in [0.29, 0.717) is 6.10 Å². The summed E-state index contributed by atoms with van der Waals surface area (Å²) in [5, 5.41) is 0. The van der Waals surface area contributed by atoms with Crippen molar-refractivity contribution >= 4 is 0 Å². The fraction of sp³-hybridized carbons (Fsp3) is 0.538. The van der Waals surface area contributed by atoms with E-state index in [1.807, 2.05) is 31.2 Å². The molecular weight excluding hydrogens is 186 g/mol. The Morgan fingerprint density at radius 2 is 1.93 bits per heavy atom. The Balaban J connectivity index is 2.72. The van der Waals surface area contributed by atoms with E-state index < -0.39 is 0 Å². The summed E-state index contributed by atoms with van der Waals surface area (Å²) in [5.41, 5.74) is 6.95. The van der Waals surface area contributed by atoms with Crippen molar-refractivity contribution in [3.8, 4) is 5.75 Å². The number of nitrogens with two attached hydrogens (primary N) is 1. The predicted molar refractivity (Wildman–Crippen MR) is 64.0 cm³/mol. The Morgan fingerprint density at radius 1 is 1.27 bits per heavy atom. The van der Waals surface area contributed by atoms with E-state index in [2.05, 4.69) is 13.8 Å². The molecule has 0 fully saturated rings. The minimum Gasteiger partial charge on any atom is -0.490 e. The lowest BCUT2D eigenvalue weighted by molar-refractivity contribution is 0.192. The first-order chi connectivity index (χ1) is 7.17. The van der Waals surface area contributed by atoms with E-state index in [-0.39, 0.29) is 6.04 Å². The summed E-state index contributed by atoms with van der Waals surface area (Å²) < 4.78 is 5.85. The molecule has 0 unspecified atom stereocenters. The molecule has 0 aliphatic carbocycles. The molecule has 2 heteroatoms. The van der Waals surface area contributed by atoms with Gasteiger partial charge in [0.05, 0.1) is 6.10 Å². The summed E-state index contributed by atoms with van der Waals surface area (Å²) in [6, 6.07) is 8.11. The summed E-state index contributed by atoms with van der Waals surface area (Å²) in [6.07, 6.45) is 2.39. The van der Waals surface area contributed by atoms with Crippen LogP contribution < -0.4 is 10.5 Å². The molecule has 0 saturated heterocycles. The largest absolute Gasteiger partial charge is 0.490 e. The Morgan fingerprint density at radius 3 is 2.47 bits per heavy atom. The fourth-order valence-electron chi connectivity index (χ4n) is 1.52. The minimum absolute atomic E-state index is 0.0650. The second-order valence-corrected chi connectivity index (χ2v) is 3.92. The summed E-state index contributed by atoms with van der Waals surface area (Å²) in [5.74, 6) is 0.929. The van der Waals surface area contributed by atoms with Gasteiger partial charge < -0.3 is 10.5 Å². The maximum Gasteiger partial charge on any atom is 0.120 e. The Kier molecular flexibility index (Phi) is 4.63. The maximum atomic E-state index is 5.85. The van der Waals surface area contributed by atoms with Crippen molar-refractivity contribution in [2.24, 2.45) is 5.73 Å². The van der Waals surface area contributed by atoms with Gasteiger partial charge in [-0.3, -0.25) is 0 Å². The smallest absolute Gasteiger partial charge is 0.120 e. The molecule has 84 valence electrons. The van der Waals surface area contributed by atoms with E-state index in [9.17, 15) is 0 Å². The van der Waals surface area contributed by atoms with Gasteiger partial charge in [0.1, 0.15) is 5.75 Å². The molecule has 1 aromatic carbocycles. The molecule has 0 aromatic heterocycles. The van der Waals surface area contributed by atoms with Crippen LogP contribution in [0.2, 0.25) is 0 Å². The molecule has 2 N–H and O–H groups in total. The van der Waals surface area contributed by atoms with Gasteiger partial charge >= 0.3 is 0 Å². The normalized spacial score (nSPS) is 12.9. The average molecular weight is 207 g/mol. The van der Waals surface area contributed by atoms with E-state index >= 15 is 0 Å². The second kappa shape index (κ2) is 5.76. The van der Waals surface area contributed by atoms with Gasteiger partial charge in [0.15, 0.2) is 0 Å². The minimum atomic E-state index is 0.0650. The molecule has 2 nitrogen and oxygen atoms in total. The van der Waals surface area contributed by atoms with Gasteiger partial charge in [-0.2, -0.15) is 0 Å². The van der Waals surface area contributed by atoms with Crippen LogP contribution in [-0.2, 0) is 0 Å². The Hall–Kier alpha value is -1.02. The lowest BCUT2D eigenvalue weighted by atomic mass is 10.1. The van der Waals surface area contributed by atoms with Crippen LogP contribution in [0.4, 0.5) is 0 Å². The van der Waals surface area contributed by atoms with Crippen molar-refractivity contribution in [3.05, 3.63) is 29.8 Å². The summed E-state index contributed by atoms with van der Waals surface area (Å²) in [7, 11) is 0. The second-order valence-electron chi connectivity index (χ2n) is 3.92. The molecule has 0 aliphatic heterocycles. The topological polar surface area (TPSA) is 35.2 Å². The average Bonchev–Trinajstić information content (AvgIpc) is 2.26. The van der Waals surface area contributed by atoms with Crippen LogP contribution in [0.25, 0.3) is 0 Å².